The summed E-state index contributed by atoms with van der Waals surface area (Å²) < 4.78 is 1.48. The Morgan fingerprint density at radius 3 is 2.83 bits per heavy atom. The SMILES string of the molecule is C[C@@H](Sc1nc2ccccc2c(=O)n1CCCO)C(=O)Nc1sccc1C(N)=O. The normalized spacial score (nSPS) is 12.1. The standard InChI is InChI=1S/C19H20N4O4S2/c1-11(16(26)22-17-13(15(20)25)7-10-28-17)29-19-21-14-6-3-2-5-12(14)18(27)23(19)8-4-9-24/h2-3,5-7,10-11,24H,4,8-9H2,1H3,(H2,20,25)(H,22,26)/t11-/m1/s1. The number of thioether (sulfide) groups is 1. The maximum atomic E-state index is 12.9. The third-order valence-electron chi connectivity index (χ3n) is 4.19. The van der Waals surface area contributed by atoms with Crippen molar-refractivity contribution >= 4 is 50.8 Å². The van der Waals surface area contributed by atoms with E-state index in [0.717, 1.165) is 11.8 Å². The number of amides is 2. The van der Waals surface area contributed by atoms with E-state index in [1.54, 1.807) is 42.6 Å². The predicted octanol–water partition coefficient (Wildman–Crippen LogP) is 2.06. The predicted molar refractivity (Wildman–Crippen MR) is 114 cm³/mol. The van der Waals surface area contributed by atoms with Crippen LogP contribution >= 0.6 is 23.1 Å². The summed E-state index contributed by atoms with van der Waals surface area (Å²) in [5.74, 6) is -0.952. The quantitative estimate of drug-likeness (QED) is 0.369. The second-order valence-electron chi connectivity index (χ2n) is 6.22. The number of hydrogen-bond donors (Lipinski definition) is 3. The molecular weight excluding hydrogens is 412 g/mol. The first-order chi connectivity index (χ1) is 13.9. The molecule has 3 rings (SSSR count). The second-order valence-corrected chi connectivity index (χ2v) is 8.45. The van der Waals surface area contributed by atoms with Gasteiger partial charge in [0.2, 0.25) is 5.91 Å². The van der Waals surface area contributed by atoms with E-state index in [0.29, 0.717) is 34.0 Å². The van der Waals surface area contributed by atoms with E-state index in [4.69, 9.17) is 10.8 Å². The highest BCUT2D eigenvalue weighted by Crippen LogP contribution is 2.27. The number of thiophene rings is 1. The average Bonchev–Trinajstić information content (AvgIpc) is 3.16. The fourth-order valence-corrected chi connectivity index (χ4v) is 4.42. The first-order valence-electron chi connectivity index (χ1n) is 8.87. The average molecular weight is 433 g/mol. The van der Waals surface area contributed by atoms with Crippen LogP contribution in [-0.2, 0) is 11.3 Å². The van der Waals surface area contributed by atoms with Gasteiger partial charge < -0.3 is 16.2 Å². The second kappa shape index (κ2) is 9.21. The molecule has 0 aliphatic carbocycles. The van der Waals surface area contributed by atoms with Crippen LogP contribution in [0, 0.1) is 0 Å². The van der Waals surface area contributed by atoms with Crippen LogP contribution in [0.25, 0.3) is 10.9 Å². The number of rotatable bonds is 8. The van der Waals surface area contributed by atoms with Gasteiger partial charge in [-0.3, -0.25) is 19.0 Å². The minimum absolute atomic E-state index is 0.0618. The van der Waals surface area contributed by atoms with Crippen molar-refractivity contribution in [3.8, 4) is 0 Å². The monoisotopic (exact) mass is 432 g/mol. The van der Waals surface area contributed by atoms with Gasteiger partial charge in [-0.15, -0.1) is 11.3 Å². The Morgan fingerprint density at radius 1 is 1.34 bits per heavy atom. The maximum absolute atomic E-state index is 12.9. The van der Waals surface area contributed by atoms with Crippen LogP contribution in [0.2, 0.25) is 0 Å². The molecule has 0 fully saturated rings. The summed E-state index contributed by atoms with van der Waals surface area (Å²) in [7, 11) is 0. The highest BCUT2D eigenvalue weighted by atomic mass is 32.2. The van der Waals surface area contributed by atoms with Crippen molar-refractivity contribution in [2.24, 2.45) is 5.73 Å². The van der Waals surface area contributed by atoms with Gasteiger partial charge in [-0.05, 0) is 36.9 Å². The third-order valence-corrected chi connectivity index (χ3v) is 6.11. The van der Waals surface area contributed by atoms with Gasteiger partial charge in [0, 0.05) is 13.2 Å². The van der Waals surface area contributed by atoms with E-state index in [-0.39, 0.29) is 23.6 Å². The minimum Gasteiger partial charge on any atom is -0.396 e. The Balaban J connectivity index is 1.87. The smallest absolute Gasteiger partial charge is 0.262 e. The van der Waals surface area contributed by atoms with Gasteiger partial charge in [-0.1, -0.05) is 23.9 Å². The van der Waals surface area contributed by atoms with Gasteiger partial charge in [-0.2, -0.15) is 0 Å². The molecule has 0 aliphatic heterocycles. The molecule has 29 heavy (non-hydrogen) atoms. The minimum atomic E-state index is -0.615. The lowest BCUT2D eigenvalue weighted by Crippen LogP contribution is -2.27. The third kappa shape index (κ3) is 4.66. The number of fused-ring (bicyclic) bond motifs is 1. The van der Waals surface area contributed by atoms with Crippen LogP contribution in [0.5, 0.6) is 0 Å². The van der Waals surface area contributed by atoms with E-state index in [1.807, 2.05) is 0 Å². The highest BCUT2D eigenvalue weighted by Gasteiger charge is 2.21. The Labute approximate surface area is 174 Å². The van der Waals surface area contributed by atoms with E-state index in [9.17, 15) is 14.4 Å². The van der Waals surface area contributed by atoms with Gasteiger partial charge in [-0.25, -0.2) is 4.98 Å². The number of aliphatic hydroxyl groups excluding tert-OH is 1. The van der Waals surface area contributed by atoms with Crippen molar-refractivity contribution in [3.05, 3.63) is 51.6 Å². The zero-order valence-corrected chi connectivity index (χ0v) is 17.3. The Morgan fingerprint density at radius 2 is 2.10 bits per heavy atom. The lowest BCUT2D eigenvalue weighted by atomic mass is 10.2. The molecule has 152 valence electrons. The molecule has 1 atom stereocenters. The van der Waals surface area contributed by atoms with Crippen molar-refractivity contribution < 1.29 is 14.7 Å². The number of anilines is 1. The number of nitrogens with zero attached hydrogens (tertiary/aromatic N) is 2. The van der Waals surface area contributed by atoms with E-state index in [1.165, 1.54) is 15.9 Å². The summed E-state index contributed by atoms with van der Waals surface area (Å²) in [6, 6.07) is 8.55. The van der Waals surface area contributed by atoms with Crippen LogP contribution in [0.4, 0.5) is 5.00 Å². The molecule has 0 unspecified atom stereocenters. The molecule has 3 aromatic rings. The molecule has 2 aromatic heterocycles. The first kappa shape index (κ1) is 21.0. The number of nitrogens with one attached hydrogen (secondary N) is 1. The molecule has 0 bridgehead atoms. The summed E-state index contributed by atoms with van der Waals surface area (Å²) in [6.45, 7) is 1.92. The van der Waals surface area contributed by atoms with Crippen molar-refractivity contribution in [3.63, 3.8) is 0 Å². The molecule has 10 heteroatoms. The van der Waals surface area contributed by atoms with Crippen LogP contribution in [0.15, 0.2) is 45.7 Å². The van der Waals surface area contributed by atoms with Gasteiger partial charge in [0.25, 0.3) is 11.5 Å². The van der Waals surface area contributed by atoms with Crippen molar-refractivity contribution in [2.45, 2.75) is 30.3 Å². The summed E-state index contributed by atoms with van der Waals surface area (Å²) in [6.07, 6.45) is 0.394. The molecule has 2 amide bonds. The van der Waals surface area contributed by atoms with Crippen LogP contribution < -0.4 is 16.6 Å². The maximum Gasteiger partial charge on any atom is 0.262 e. The largest absolute Gasteiger partial charge is 0.396 e. The molecule has 0 saturated carbocycles. The van der Waals surface area contributed by atoms with Gasteiger partial charge >= 0.3 is 0 Å². The van der Waals surface area contributed by atoms with E-state index >= 15 is 0 Å². The lowest BCUT2D eigenvalue weighted by molar-refractivity contribution is -0.115. The van der Waals surface area contributed by atoms with Gasteiger partial charge in [0.15, 0.2) is 5.16 Å². The number of aliphatic hydroxyl groups is 1. The number of carbonyl (C=O) groups excluding carboxylic acids is 2. The summed E-state index contributed by atoms with van der Waals surface area (Å²) in [5, 5.41) is 14.2. The first-order valence-corrected chi connectivity index (χ1v) is 10.6. The van der Waals surface area contributed by atoms with Crippen molar-refractivity contribution in [2.75, 3.05) is 11.9 Å². The molecule has 2 heterocycles. The Bertz CT molecular complexity index is 1110. The number of carbonyl (C=O) groups is 2. The molecule has 0 aliphatic rings. The summed E-state index contributed by atoms with van der Waals surface area (Å²) >= 11 is 2.35. The topological polar surface area (TPSA) is 127 Å². The Kier molecular flexibility index (Phi) is 6.68. The molecule has 0 saturated heterocycles. The molecule has 8 nitrogen and oxygen atoms in total. The number of para-hydroxylation sites is 1. The van der Waals surface area contributed by atoms with Crippen LogP contribution in [-0.4, -0.2) is 38.3 Å². The van der Waals surface area contributed by atoms with E-state index in [2.05, 4.69) is 10.3 Å². The highest BCUT2D eigenvalue weighted by molar-refractivity contribution is 8.00. The number of primary amides is 1. The molecule has 4 N–H and O–H groups in total. The molecule has 0 spiro atoms. The lowest BCUT2D eigenvalue weighted by Gasteiger charge is -2.16. The van der Waals surface area contributed by atoms with Gasteiger partial charge in [0.1, 0.15) is 5.00 Å². The summed E-state index contributed by atoms with van der Waals surface area (Å²) in [5.41, 5.74) is 5.90. The molecule has 1 aromatic carbocycles. The zero-order chi connectivity index (χ0) is 21.0. The van der Waals surface area contributed by atoms with Crippen molar-refractivity contribution in [1.82, 2.24) is 9.55 Å². The summed E-state index contributed by atoms with van der Waals surface area (Å²) in [4.78, 5) is 41.5. The van der Waals surface area contributed by atoms with Crippen molar-refractivity contribution in [1.29, 1.82) is 0 Å². The number of aromatic nitrogens is 2. The number of benzene rings is 1. The Hall–Kier alpha value is -2.69. The van der Waals surface area contributed by atoms with Gasteiger partial charge in [0.05, 0.1) is 21.7 Å². The van der Waals surface area contributed by atoms with E-state index < -0.39 is 11.2 Å². The number of hydrogen-bond acceptors (Lipinski definition) is 7. The zero-order valence-electron chi connectivity index (χ0n) is 15.6. The molecule has 0 radical (unpaired) electrons. The van der Waals surface area contributed by atoms with Crippen LogP contribution in [0.3, 0.4) is 0 Å². The van der Waals surface area contributed by atoms with Crippen LogP contribution in [0.1, 0.15) is 23.7 Å². The fourth-order valence-electron chi connectivity index (χ4n) is 2.69. The number of nitrogens with two attached hydrogens (primary N) is 1. The molecular formula is C19H20N4O4S2. The fraction of sp³-hybridized carbons (Fsp3) is 0.263.